The number of halogens is 1. The van der Waals surface area contributed by atoms with Crippen LogP contribution in [0.15, 0.2) is 90.2 Å². The standard InChI is InChI=1S/C25H15FO4/c26-16-12-10-15(11-13-16)21(27)24-19(14-6-2-1-3-7-14)20-22(28)17-8-4-5-9-18(17)23(29)25(20)30-24/h1-13,19,24H/t19-,24-/m0/s1. The first-order valence-corrected chi connectivity index (χ1v) is 9.50. The van der Waals surface area contributed by atoms with Crippen LogP contribution in [0.2, 0.25) is 0 Å². The summed E-state index contributed by atoms with van der Waals surface area (Å²) in [5.74, 6) is -2.41. The van der Waals surface area contributed by atoms with Crippen molar-refractivity contribution >= 4 is 17.3 Å². The highest BCUT2D eigenvalue weighted by atomic mass is 19.1. The van der Waals surface area contributed by atoms with Crippen molar-refractivity contribution in [1.82, 2.24) is 0 Å². The van der Waals surface area contributed by atoms with E-state index in [1.807, 2.05) is 6.07 Å². The lowest BCUT2D eigenvalue weighted by Gasteiger charge is -2.20. The van der Waals surface area contributed by atoms with Crippen molar-refractivity contribution in [3.8, 4) is 0 Å². The molecular weight excluding hydrogens is 383 g/mol. The second kappa shape index (κ2) is 6.88. The number of carbonyl (C=O) groups excluding carboxylic acids is 3. The third-order valence-electron chi connectivity index (χ3n) is 5.52. The van der Waals surface area contributed by atoms with Gasteiger partial charge in [0, 0.05) is 16.7 Å². The molecule has 3 aromatic carbocycles. The number of Topliss-reactive ketones (excluding diaryl/α,β-unsaturated/α-hetero) is 3. The summed E-state index contributed by atoms with van der Waals surface area (Å²) in [5.41, 5.74) is 1.72. The van der Waals surface area contributed by atoms with E-state index in [1.165, 1.54) is 24.3 Å². The Kier molecular flexibility index (Phi) is 4.17. The van der Waals surface area contributed by atoms with Crippen molar-refractivity contribution < 1.29 is 23.5 Å². The van der Waals surface area contributed by atoms with Crippen LogP contribution in [0.5, 0.6) is 0 Å². The van der Waals surface area contributed by atoms with Crippen molar-refractivity contribution in [1.29, 1.82) is 0 Å². The van der Waals surface area contributed by atoms with Crippen LogP contribution in [0.3, 0.4) is 0 Å². The summed E-state index contributed by atoms with van der Waals surface area (Å²) in [5, 5.41) is 0. The number of hydrogen-bond donors (Lipinski definition) is 0. The van der Waals surface area contributed by atoms with Gasteiger partial charge in [0.05, 0.1) is 11.5 Å². The normalized spacial score (nSPS) is 19.9. The molecule has 0 saturated carbocycles. The number of carbonyl (C=O) groups is 3. The maximum Gasteiger partial charge on any atom is 0.228 e. The Morgan fingerprint density at radius 3 is 2.03 bits per heavy atom. The number of ether oxygens (including phenoxy) is 1. The van der Waals surface area contributed by atoms with Crippen molar-refractivity contribution in [2.24, 2.45) is 0 Å². The number of allylic oxidation sites excluding steroid dienone is 1. The number of ketones is 3. The van der Waals surface area contributed by atoms with E-state index in [0.717, 1.165) is 0 Å². The average Bonchev–Trinajstić information content (AvgIpc) is 3.19. The molecule has 0 radical (unpaired) electrons. The summed E-state index contributed by atoms with van der Waals surface area (Å²) >= 11 is 0. The number of fused-ring (bicyclic) bond motifs is 1. The lowest BCUT2D eigenvalue weighted by molar-refractivity contribution is 0.0640. The molecule has 30 heavy (non-hydrogen) atoms. The molecule has 146 valence electrons. The van der Waals surface area contributed by atoms with E-state index in [9.17, 15) is 18.8 Å². The Labute approximate surface area is 171 Å². The molecule has 0 unspecified atom stereocenters. The Hall–Kier alpha value is -3.86. The first-order valence-electron chi connectivity index (χ1n) is 9.50. The van der Waals surface area contributed by atoms with Gasteiger partial charge < -0.3 is 4.74 Å². The summed E-state index contributed by atoms with van der Waals surface area (Å²) in [6.07, 6.45) is -1.09. The van der Waals surface area contributed by atoms with Gasteiger partial charge in [-0.2, -0.15) is 0 Å². The van der Waals surface area contributed by atoms with Crippen LogP contribution in [0.25, 0.3) is 0 Å². The van der Waals surface area contributed by atoms with Gasteiger partial charge >= 0.3 is 0 Å². The smallest absolute Gasteiger partial charge is 0.228 e. The second-order valence-corrected chi connectivity index (χ2v) is 7.24. The molecule has 4 nitrogen and oxygen atoms in total. The quantitative estimate of drug-likeness (QED) is 0.609. The van der Waals surface area contributed by atoms with Gasteiger partial charge in [0.1, 0.15) is 5.82 Å². The molecule has 1 aliphatic heterocycles. The lowest BCUT2D eigenvalue weighted by Crippen LogP contribution is -2.28. The van der Waals surface area contributed by atoms with E-state index in [0.29, 0.717) is 11.1 Å². The largest absolute Gasteiger partial charge is 0.477 e. The molecule has 0 amide bonds. The Bertz CT molecular complexity index is 1230. The molecule has 1 aliphatic carbocycles. The fraction of sp³-hybridized carbons (Fsp3) is 0.0800. The highest BCUT2D eigenvalue weighted by Crippen LogP contribution is 2.45. The van der Waals surface area contributed by atoms with Crippen LogP contribution < -0.4 is 0 Å². The van der Waals surface area contributed by atoms with Crippen LogP contribution in [0.4, 0.5) is 4.39 Å². The zero-order valence-electron chi connectivity index (χ0n) is 15.7. The first-order chi connectivity index (χ1) is 14.6. The molecule has 1 heterocycles. The van der Waals surface area contributed by atoms with Gasteiger partial charge in [0.15, 0.2) is 17.6 Å². The molecule has 0 saturated heterocycles. The molecular formula is C25H15FO4. The van der Waals surface area contributed by atoms with Crippen LogP contribution in [-0.4, -0.2) is 23.5 Å². The topological polar surface area (TPSA) is 60.4 Å². The molecule has 0 bridgehead atoms. The molecule has 0 aromatic heterocycles. The predicted molar refractivity (Wildman–Crippen MR) is 107 cm³/mol. The van der Waals surface area contributed by atoms with Gasteiger partial charge in [-0.25, -0.2) is 4.39 Å². The van der Waals surface area contributed by atoms with Crippen LogP contribution in [-0.2, 0) is 4.74 Å². The number of hydrogen-bond acceptors (Lipinski definition) is 4. The van der Waals surface area contributed by atoms with E-state index in [1.54, 1.807) is 48.5 Å². The number of benzene rings is 3. The SMILES string of the molecule is O=C1C2=C(C(=O)c3ccccc31)[C@H](c1ccccc1)[C@@H](C(=O)c1ccc(F)cc1)O2. The van der Waals surface area contributed by atoms with Crippen LogP contribution in [0.1, 0.15) is 42.6 Å². The first kappa shape index (κ1) is 18.2. The Morgan fingerprint density at radius 2 is 1.37 bits per heavy atom. The highest BCUT2D eigenvalue weighted by Gasteiger charge is 2.50. The fourth-order valence-electron chi connectivity index (χ4n) is 4.10. The van der Waals surface area contributed by atoms with Gasteiger partial charge in [0.25, 0.3) is 0 Å². The maximum absolute atomic E-state index is 13.3. The summed E-state index contributed by atoms with van der Waals surface area (Å²) in [4.78, 5) is 39.7. The molecule has 2 atom stereocenters. The van der Waals surface area contributed by atoms with Crippen molar-refractivity contribution in [2.45, 2.75) is 12.0 Å². The van der Waals surface area contributed by atoms with Gasteiger partial charge in [-0.15, -0.1) is 0 Å². The minimum absolute atomic E-state index is 0.0759. The van der Waals surface area contributed by atoms with E-state index < -0.39 is 29.4 Å². The van der Waals surface area contributed by atoms with Crippen LogP contribution in [0, 0.1) is 5.82 Å². The van der Waals surface area contributed by atoms with Crippen molar-refractivity contribution in [2.75, 3.05) is 0 Å². The minimum atomic E-state index is -1.09. The predicted octanol–water partition coefficient (Wildman–Crippen LogP) is 4.52. The minimum Gasteiger partial charge on any atom is -0.477 e. The second-order valence-electron chi connectivity index (χ2n) is 7.24. The molecule has 5 rings (SSSR count). The van der Waals surface area contributed by atoms with Crippen LogP contribution >= 0.6 is 0 Å². The third kappa shape index (κ3) is 2.70. The Balaban J connectivity index is 1.65. The molecule has 0 fully saturated rings. The lowest BCUT2D eigenvalue weighted by atomic mass is 9.78. The molecule has 5 heteroatoms. The van der Waals surface area contributed by atoms with Gasteiger partial charge in [-0.3, -0.25) is 14.4 Å². The molecule has 3 aromatic rings. The van der Waals surface area contributed by atoms with Crippen molar-refractivity contribution in [3.63, 3.8) is 0 Å². The molecule has 0 N–H and O–H groups in total. The summed E-state index contributed by atoms with van der Waals surface area (Å²) in [6, 6.07) is 20.7. The number of rotatable bonds is 3. The summed E-state index contributed by atoms with van der Waals surface area (Å²) in [6.45, 7) is 0. The maximum atomic E-state index is 13.3. The van der Waals surface area contributed by atoms with Gasteiger partial charge in [-0.1, -0.05) is 54.6 Å². The summed E-state index contributed by atoms with van der Waals surface area (Å²) in [7, 11) is 0. The zero-order valence-corrected chi connectivity index (χ0v) is 15.7. The molecule has 2 aliphatic rings. The van der Waals surface area contributed by atoms with E-state index in [-0.39, 0.29) is 28.2 Å². The third-order valence-corrected chi connectivity index (χ3v) is 5.52. The van der Waals surface area contributed by atoms with Gasteiger partial charge in [-0.05, 0) is 29.8 Å². The van der Waals surface area contributed by atoms with Crippen molar-refractivity contribution in [3.05, 3.63) is 118 Å². The van der Waals surface area contributed by atoms with E-state index >= 15 is 0 Å². The zero-order chi connectivity index (χ0) is 20.8. The summed E-state index contributed by atoms with van der Waals surface area (Å²) < 4.78 is 19.2. The monoisotopic (exact) mass is 398 g/mol. The average molecular weight is 398 g/mol. The van der Waals surface area contributed by atoms with Gasteiger partial charge in [0.2, 0.25) is 11.6 Å². The van der Waals surface area contributed by atoms with E-state index in [2.05, 4.69) is 0 Å². The molecule has 0 spiro atoms. The fourth-order valence-corrected chi connectivity index (χ4v) is 4.10. The highest BCUT2D eigenvalue weighted by molar-refractivity contribution is 6.27. The Morgan fingerprint density at radius 1 is 0.767 bits per heavy atom. The van der Waals surface area contributed by atoms with E-state index in [4.69, 9.17) is 4.74 Å².